The molecule has 2 nitrogen and oxygen atoms in total. The highest BCUT2D eigenvalue weighted by molar-refractivity contribution is 8.10. The van der Waals surface area contributed by atoms with Crippen molar-refractivity contribution in [1.82, 2.24) is 4.90 Å². The van der Waals surface area contributed by atoms with E-state index in [-0.39, 0.29) is 0 Å². The van der Waals surface area contributed by atoms with Gasteiger partial charge in [-0.1, -0.05) is 25.6 Å². The van der Waals surface area contributed by atoms with Crippen LogP contribution in [0.1, 0.15) is 33.6 Å². The molecule has 0 aromatic carbocycles. The number of unbranched alkanes of at least 4 members (excludes halogenated alkanes) is 1. The van der Waals surface area contributed by atoms with Gasteiger partial charge in [0.1, 0.15) is 4.32 Å². The first-order valence-corrected chi connectivity index (χ1v) is 5.67. The molecule has 0 aliphatic carbocycles. The van der Waals surface area contributed by atoms with Gasteiger partial charge in [-0.25, -0.2) is 0 Å². The molecule has 0 aromatic rings. The summed E-state index contributed by atoms with van der Waals surface area (Å²) in [6, 6.07) is 0. The third-order valence-corrected chi connectivity index (χ3v) is 2.13. The number of nitrogens with two attached hydrogens (primary N) is 1. The van der Waals surface area contributed by atoms with Crippen LogP contribution >= 0.6 is 24.8 Å². The summed E-state index contributed by atoms with van der Waals surface area (Å²) in [5.41, 5.74) is 5.14. The van der Waals surface area contributed by atoms with Gasteiger partial charge in [-0.3, -0.25) is 0 Å². The van der Waals surface area contributed by atoms with Crippen LogP contribution < -0.4 is 5.73 Å². The first-order chi connectivity index (χ1) is 6.13. The van der Waals surface area contributed by atoms with Gasteiger partial charge in [0, 0.05) is 13.1 Å². The summed E-state index contributed by atoms with van der Waals surface area (Å²) < 4.78 is 0.690. The van der Waals surface area contributed by atoms with E-state index in [0.29, 0.717) is 4.32 Å². The normalized spacial score (nSPS) is 8.69. The summed E-state index contributed by atoms with van der Waals surface area (Å²) in [5, 5.41) is 0. The minimum Gasteiger partial charge on any atom is -0.358 e. The van der Waals surface area contributed by atoms with Crippen molar-refractivity contribution in [2.24, 2.45) is 5.73 Å². The molecule has 0 aliphatic rings. The summed E-state index contributed by atoms with van der Waals surface area (Å²) in [7, 11) is 0. The average Bonchev–Trinajstić information content (AvgIpc) is 2.08. The van der Waals surface area contributed by atoms with E-state index in [1.165, 1.54) is 12.8 Å². The number of rotatable bonds is 4. The first kappa shape index (κ1) is 15.7. The number of thiocarbonyl (C=S) groups is 1. The van der Waals surface area contributed by atoms with Gasteiger partial charge in [-0.2, -0.15) is 0 Å². The van der Waals surface area contributed by atoms with E-state index in [1.807, 2.05) is 4.90 Å². The maximum absolute atomic E-state index is 5.14. The molecule has 0 amide bonds. The SMILES string of the molecule is CCCCN.CCN(CC)C(=S)S. The molecule has 0 aliphatic heterocycles. The van der Waals surface area contributed by atoms with Crippen LogP contribution in [0.15, 0.2) is 0 Å². The van der Waals surface area contributed by atoms with Crippen molar-refractivity contribution in [3.05, 3.63) is 0 Å². The van der Waals surface area contributed by atoms with E-state index in [0.717, 1.165) is 19.6 Å². The zero-order valence-corrected chi connectivity index (χ0v) is 10.6. The van der Waals surface area contributed by atoms with Crippen LogP contribution in [0.25, 0.3) is 0 Å². The third kappa shape index (κ3) is 12.2. The van der Waals surface area contributed by atoms with Crippen LogP contribution in [-0.4, -0.2) is 28.9 Å². The standard InChI is InChI=1S/C5H11NS2.C4H11N/c1-3-6(4-2)5(7)8;1-2-3-4-5/h3-4H2,1-2H3,(H,7,8);2-5H2,1H3. The van der Waals surface area contributed by atoms with Gasteiger partial charge < -0.3 is 10.6 Å². The predicted octanol–water partition coefficient (Wildman–Crippen LogP) is 2.29. The Morgan fingerprint density at radius 2 is 1.77 bits per heavy atom. The monoisotopic (exact) mass is 222 g/mol. The summed E-state index contributed by atoms with van der Waals surface area (Å²) in [6.07, 6.45) is 2.39. The van der Waals surface area contributed by atoms with E-state index in [4.69, 9.17) is 18.0 Å². The van der Waals surface area contributed by atoms with Gasteiger partial charge in [0.2, 0.25) is 0 Å². The molecule has 4 heteroatoms. The Balaban J connectivity index is 0. The van der Waals surface area contributed by atoms with E-state index in [1.54, 1.807) is 0 Å². The highest BCUT2D eigenvalue weighted by Crippen LogP contribution is 1.93. The second-order valence-corrected chi connectivity index (χ2v) is 3.71. The fraction of sp³-hybridized carbons (Fsp3) is 0.889. The minimum atomic E-state index is 0.690. The Kier molecular flexibility index (Phi) is 14.7. The van der Waals surface area contributed by atoms with Crippen LogP contribution in [0.5, 0.6) is 0 Å². The highest BCUT2D eigenvalue weighted by Gasteiger charge is 1.96. The lowest BCUT2D eigenvalue weighted by Gasteiger charge is -2.16. The number of thiol groups is 1. The van der Waals surface area contributed by atoms with Gasteiger partial charge >= 0.3 is 0 Å². The van der Waals surface area contributed by atoms with E-state index < -0.39 is 0 Å². The number of hydrogen-bond donors (Lipinski definition) is 2. The first-order valence-electron chi connectivity index (χ1n) is 4.81. The van der Waals surface area contributed by atoms with Crippen molar-refractivity contribution in [2.75, 3.05) is 19.6 Å². The molecule has 2 N–H and O–H groups in total. The lowest BCUT2D eigenvalue weighted by atomic mass is 10.3. The zero-order valence-electron chi connectivity index (χ0n) is 8.92. The third-order valence-electron chi connectivity index (χ3n) is 1.59. The van der Waals surface area contributed by atoms with Crippen molar-refractivity contribution in [3.63, 3.8) is 0 Å². The molecule has 0 atom stereocenters. The molecular weight excluding hydrogens is 200 g/mol. The number of hydrogen-bond acceptors (Lipinski definition) is 2. The van der Waals surface area contributed by atoms with Gasteiger partial charge in [0.15, 0.2) is 0 Å². The summed E-state index contributed by atoms with van der Waals surface area (Å²) in [5.74, 6) is 0. The lowest BCUT2D eigenvalue weighted by molar-refractivity contribution is 0.482. The van der Waals surface area contributed by atoms with Crippen molar-refractivity contribution < 1.29 is 0 Å². The highest BCUT2D eigenvalue weighted by atomic mass is 32.1. The quantitative estimate of drug-likeness (QED) is 0.565. The second kappa shape index (κ2) is 12.2. The second-order valence-electron chi connectivity index (χ2n) is 2.60. The van der Waals surface area contributed by atoms with Crippen LogP contribution in [0.3, 0.4) is 0 Å². The predicted molar refractivity (Wildman–Crippen MR) is 68.5 cm³/mol. The fourth-order valence-corrected chi connectivity index (χ4v) is 1.24. The Labute approximate surface area is 93.3 Å². The molecule has 0 rings (SSSR count). The lowest BCUT2D eigenvalue weighted by Crippen LogP contribution is -2.24. The maximum atomic E-state index is 5.14. The molecule has 0 fully saturated rings. The summed E-state index contributed by atoms with van der Waals surface area (Å²) in [4.78, 5) is 2.01. The Morgan fingerprint density at radius 3 is 1.77 bits per heavy atom. The Morgan fingerprint density at radius 1 is 1.31 bits per heavy atom. The smallest absolute Gasteiger partial charge is 0.133 e. The zero-order chi connectivity index (χ0) is 10.7. The van der Waals surface area contributed by atoms with Crippen LogP contribution in [-0.2, 0) is 0 Å². The Hall–Kier alpha value is 0.200. The number of nitrogens with zero attached hydrogens (tertiary/aromatic N) is 1. The van der Waals surface area contributed by atoms with Crippen LogP contribution in [0, 0.1) is 0 Å². The van der Waals surface area contributed by atoms with Crippen molar-refractivity contribution in [1.29, 1.82) is 0 Å². The average molecular weight is 222 g/mol. The van der Waals surface area contributed by atoms with Crippen molar-refractivity contribution >= 4 is 29.2 Å². The van der Waals surface area contributed by atoms with Crippen molar-refractivity contribution in [3.8, 4) is 0 Å². The summed E-state index contributed by atoms with van der Waals surface area (Å²) >= 11 is 8.82. The minimum absolute atomic E-state index is 0.690. The Bertz CT molecular complexity index is 112. The molecule has 0 spiro atoms. The molecule has 13 heavy (non-hydrogen) atoms. The topological polar surface area (TPSA) is 29.3 Å². The van der Waals surface area contributed by atoms with Gasteiger partial charge in [-0.15, -0.1) is 12.6 Å². The van der Waals surface area contributed by atoms with E-state index in [9.17, 15) is 0 Å². The summed E-state index contributed by atoms with van der Waals surface area (Å²) in [6.45, 7) is 9.01. The molecule has 0 aromatic heterocycles. The van der Waals surface area contributed by atoms with E-state index >= 15 is 0 Å². The van der Waals surface area contributed by atoms with Crippen LogP contribution in [0.2, 0.25) is 0 Å². The molecule has 0 saturated heterocycles. The molecular formula is C9H22N2S2. The molecule has 0 unspecified atom stereocenters. The molecule has 0 saturated carbocycles. The van der Waals surface area contributed by atoms with Gasteiger partial charge in [-0.05, 0) is 26.8 Å². The molecule has 0 bridgehead atoms. The van der Waals surface area contributed by atoms with Crippen molar-refractivity contribution in [2.45, 2.75) is 33.6 Å². The molecule has 0 heterocycles. The molecule has 80 valence electrons. The van der Waals surface area contributed by atoms with Crippen LogP contribution in [0.4, 0.5) is 0 Å². The fourth-order valence-electron chi connectivity index (χ4n) is 0.698. The van der Waals surface area contributed by atoms with E-state index in [2.05, 4.69) is 33.4 Å². The maximum Gasteiger partial charge on any atom is 0.133 e. The van der Waals surface area contributed by atoms with Gasteiger partial charge in [0.05, 0.1) is 0 Å². The molecule has 0 radical (unpaired) electrons. The largest absolute Gasteiger partial charge is 0.358 e. The van der Waals surface area contributed by atoms with Gasteiger partial charge in [0.25, 0.3) is 0 Å².